The lowest BCUT2D eigenvalue weighted by atomic mass is 10.1. The lowest BCUT2D eigenvalue weighted by Crippen LogP contribution is -2.14. The number of carbonyl (C=O) groups is 1. The maximum Gasteiger partial charge on any atom is 0.267 e. The zero-order chi connectivity index (χ0) is 16.9. The molecule has 23 heavy (non-hydrogen) atoms. The van der Waals surface area contributed by atoms with Gasteiger partial charge in [0.05, 0.1) is 13.7 Å². The zero-order valence-electron chi connectivity index (χ0n) is 14.0. The second-order valence-corrected chi connectivity index (χ2v) is 5.34. The van der Waals surface area contributed by atoms with E-state index in [-0.39, 0.29) is 0 Å². The second-order valence-electron chi connectivity index (χ2n) is 5.34. The molecule has 0 atom stereocenters. The van der Waals surface area contributed by atoms with Crippen molar-refractivity contribution < 1.29 is 19.5 Å². The van der Waals surface area contributed by atoms with Gasteiger partial charge in [0.25, 0.3) is 5.91 Å². The molecular formula is C18H27NO4. The Labute approximate surface area is 138 Å². The maximum atomic E-state index is 11.0. The predicted octanol–water partition coefficient (Wildman–Crippen LogP) is 3.95. The fourth-order valence-electron chi connectivity index (χ4n) is 2.18. The molecule has 0 saturated heterocycles. The molecule has 0 radical (unpaired) electrons. The van der Waals surface area contributed by atoms with Gasteiger partial charge < -0.3 is 9.47 Å². The van der Waals surface area contributed by atoms with Crippen LogP contribution in [0.5, 0.6) is 11.5 Å². The first-order chi connectivity index (χ1) is 11.2. The van der Waals surface area contributed by atoms with Crippen LogP contribution in [0.15, 0.2) is 24.3 Å². The predicted molar refractivity (Wildman–Crippen MR) is 90.8 cm³/mol. The molecule has 2 N–H and O–H groups in total. The first kappa shape index (κ1) is 19.0. The lowest BCUT2D eigenvalue weighted by Gasteiger charge is -2.11. The van der Waals surface area contributed by atoms with Gasteiger partial charge >= 0.3 is 0 Å². The minimum Gasteiger partial charge on any atom is -0.493 e. The van der Waals surface area contributed by atoms with Crippen LogP contribution in [0, 0.1) is 0 Å². The summed E-state index contributed by atoms with van der Waals surface area (Å²) in [6.07, 6.45) is 10.2. The lowest BCUT2D eigenvalue weighted by molar-refractivity contribution is -0.124. The van der Waals surface area contributed by atoms with E-state index in [1.54, 1.807) is 24.7 Å². The average molecular weight is 321 g/mol. The summed E-state index contributed by atoms with van der Waals surface area (Å²) in [5.41, 5.74) is 2.34. The van der Waals surface area contributed by atoms with Gasteiger partial charge in [0.15, 0.2) is 11.5 Å². The molecule has 0 unspecified atom stereocenters. The van der Waals surface area contributed by atoms with Crippen LogP contribution in [0.4, 0.5) is 0 Å². The van der Waals surface area contributed by atoms with Crippen LogP contribution >= 0.6 is 0 Å². The van der Waals surface area contributed by atoms with Gasteiger partial charge in [0.2, 0.25) is 0 Å². The van der Waals surface area contributed by atoms with Crippen molar-refractivity contribution >= 4 is 12.0 Å². The van der Waals surface area contributed by atoms with E-state index in [1.807, 2.05) is 12.1 Å². The number of ether oxygens (including phenoxy) is 2. The normalized spacial score (nSPS) is 10.7. The zero-order valence-corrected chi connectivity index (χ0v) is 14.0. The maximum absolute atomic E-state index is 11.0. The molecule has 0 aromatic heterocycles. The van der Waals surface area contributed by atoms with E-state index in [2.05, 4.69) is 6.92 Å². The van der Waals surface area contributed by atoms with Crippen molar-refractivity contribution in [3.63, 3.8) is 0 Å². The minimum atomic E-state index is -0.577. The highest BCUT2D eigenvalue weighted by atomic mass is 16.5. The van der Waals surface area contributed by atoms with Crippen LogP contribution in [0.25, 0.3) is 6.08 Å². The number of methoxy groups -OCH3 is 1. The summed E-state index contributed by atoms with van der Waals surface area (Å²) >= 11 is 0. The second kappa shape index (κ2) is 11.5. The number of benzene rings is 1. The fraction of sp³-hybridized carbons (Fsp3) is 0.500. The number of hydrogen-bond acceptors (Lipinski definition) is 4. The van der Waals surface area contributed by atoms with Crippen LogP contribution in [0.1, 0.15) is 51.0 Å². The monoisotopic (exact) mass is 321 g/mol. The topological polar surface area (TPSA) is 67.8 Å². The number of rotatable bonds is 11. The molecule has 1 aromatic carbocycles. The van der Waals surface area contributed by atoms with Crippen molar-refractivity contribution in [2.75, 3.05) is 13.7 Å². The highest BCUT2D eigenvalue weighted by molar-refractivity contribution is 5.90. The summed E-state index contributed by atoms with van der Waals surface area (Å²) in [5.74, 6) is 0.750. The summed E-state index contributed by atoms with van der Waals surface area (Å²) in [6, 6.07) is 5.45. The summed E-state index contributed by atoms with van der Waals surface area (Å²) < 4.78 is 11.1. The van der Waals surface area contributed by atoms with Crippen molar-refractivity contribution in [3.05, 3.63) is 29.8 Å². The van der Waals surface area contributed by atoms with Crippen LogP contribution in [-0.2, 0) is 4.79 Å². The molecule has 0 aliphatic carbocycles. The summed E-state index contributed by atoms with van der Waals surface area (Å²) in [7, 11) is 1.58. The van der Waals surface area contributed by atoms with E-state index in [9.17, 15) is 4.79 Å². The third-order valence-corrected chi connectivity index (χ3v) is 3.48. The van der Waals surface area contributed by atoms with E-state index < -0.39 is 5.91 Å². The van der Waals surface area contributed by atoms with Crippen molar-refractivity contribution in [2.24, 2.45) is 0 Å². The third-order valence-electron chi connectivity index (χ3n) is 3.48. The number of nitrogens with one attached hydrogen (secondary N) is 1. The van der Waals surface area contributed by atoms with Gasteiger partial charge in [-0.25, -0.2) is 5.48 Å². The highest BCUT2D eigenvalue weighted by Crippen LogP contribution is 2.28. The van der Waals surface area contributed by atoms with Crippen molar-refractivity contribution in [1.82, 2.24) is 5.48 Å². The summed E-state index contributed by atoms with van der Waals surface area (Å²) in [4.78, 5) is 11.0. The molecule has 0 aliphatic heterocycles. The standard InChI is InChI=1S/C18H27NO4/c1-3-4-5-6-7-8-13-23-16-11-9-15(14-17(16)22-2)10-12-18(20)19-21/h9-12,14,21H,3-8,13H2,1-2H3,(H,19,20). The molecule has 1 rings (SSSR count). The van der Waals surface area contributed by atoms with Crippen LogP contribution in [-0.4, -0.2) is 24.8 Å². The minimum absolute atomic E-state index is 0.577. The molecule has 5 heteroatoms. The third kappa shape index (κ3) is 7.70. The largest absolute Gasteiger partial charge is 0.493 e. The summed E-state index contributed by atoms with van der Waals surface area (Å²) in [5, 5.41) is 8.45. The number of hydrogen-bond donors (Lipinski definition) is 2. The van der Waals surface area contributed by atoms with Crippen LogP contribution in [0.2, 0.25) is 0 Å². The van der Waals surface area contributed by atoms with Gasteiger partial charge in [-0.3, -0.25) is 10.0 Å². The van der Waals surface area contributed by atoms with Gasteiger partial charge in [0.1, 0.15) is 0 Å². The SMILES string of the molecule is CCCCCCCCOc1ccc(C=CC(=O)NO)cc1OC. The Balaban J connectivity index is 2.46. The van der Waals surface area contributed by atoms with E-state index in [4.69, 9.17) is 14.7 Å². The number of hydroxylamine groups is 1. The number of amides is 1. The van der Waals surface area contributed by atoms with Gasteiger partial charge in [-0.05, 0) is 30.2 Å². The van der Waals surface area contributed by atoms with E-state index in [1.165, 1.54) is 38.2 Å². The molecule has 5 nitrogen and oxygen atoms in total. The van der Waals surface area contributed by atoms with Crippen molar-refractivity contribution in [2.45, 2.75) is 45.4 Å². The Morgan fingerprint density at radius 3 is 2.61 bits per heavy atom. The highest BCUT2D eigenvalue weighted by Gasteiger charge is 2.05. The first-order valence-electron chi connectivity index (χ1n) is 8.14. The molecular weight excluding hydrogens is 294 g/mol. The van der Waals surface area contributed by atoms with Crippen LogP contribution < -0.4 is 15.0 Å². The Morgan fingerprint density at radius 1 is 1.17 bits per heavy atom. The molecule has 0 fully saturated rings. The molecule has 0 saturated carbocycles. The molecule has 0 aliphatic rings. The van der Waals surface area contributed by atoms with Gasteiger partial charge in [-0.15, -0.1) is 0 Å². The first-order valence-corrected chi connectivity index (χ1v) is 8.14. The number of carbonyl (C=O) groups excluding carboxylic acids is 1. The molecule has 1 amide bonds. The molecule has 1 aromatic rings. The van der Waals surface area contributed by atoms with Gasteiger partial charge in [0, 0.05) is 6.08 Å². The fourth-order valence-corrected chi connectivity index (χ4v) is 2.18. The van der Waals surface area contributed by atoms with E-state index in [0.29, 0.717) is 18.1 Å². The summed E-state index contributed by atoms with van der Waals surface area (Å²) in [6.45, 7) is 2.88. The Morgan fingerprint density at radius 2 is 1.91 bits per heavy atom. The average Bonchev–Trinajstić information content (AvgIpc) is 2.59. The van der Waals surface area contributed by atoms with E-state index in [0.717, 1.165) is 12.0 Å². The molecule has 0 heterocycles. The molecule has 0 spiro atoms. The Hall–Kier alpha value is -2.01. The smallest absolute Gasteiger partial charge is 0.267 e. The van der Waals surface area contributed by atoms with Gasteiger partial charge in [-0.2, -0.15) is 0 Å². The van der Waals surface area contributed by atoms with Crippen molar-refractivity contribution in [3.8, 4) is 11.5 Å². The molecule has 128 valence electrons. The number of unbranched alkanes of at least 4 members (excludes halogenated alkanes) is 5. The van der Waals surface area contributed by atoms with Crippen LogP contribution in [0.3, 0.4) is 0 Å². The quantitative estimate of drug-likeness (QED) is 0.280. The Kier molecular flexibility index (Phi) is 9.55. The van der Waals surface area contributed by atoms with E-state index >= 15 is 0 Å². The Bertz CT molecular complexity index is 500. The van der Waals surface area contributed by atoms with Crippen molar-refractivity contribution in [1.29, 1.82) is 0 Å². The molecule has 0 bridgehead atoms. The van der Waals surface area contributed by atoms with Gasteiger partial charge in [-0.1, -0.05) is 45.1 Å².